The summed E-state index contributed by atoms with van der Waals surface area (Å²) in [6.07, 6.45) is -3.03. The number of halogens is 3. The minimum absolute atomic E-state index is 0.0323. The molecule has 2 aromatic rings. The van der Waals surface area contributed by atoms with Crippen LogP contribution in [0.25, 0.3) is 0 Å². The topological polar surface area (TPSA) is 78.4 Å². The van der Waals surface area contributed by atoms with E-state index in [2.05, 4.69) is 47.3 Å². The average Bonchev–Trinajstić information content (AvgIpc) is 3.26. The van der Waals surface area contributed by atoms with Gasteiger partial charge in [0.25, 0.3) is 0 Å². The number of anilines is 3. The molecular weight excluding hydrogens is 441 g/mol. The summed E-state index contributed by atoms with van der Waals surface area (Å²) in [5.41, 5.74) is 1.93. The number of nitrogens with zero attached hydrogens (tertiary/aromatic N) is 3. The van der Waals surface area contributed by atoms with Crippen LogP contribution in [0.4, 0.5) is 29.7 Å². The summed E-state index contributed by atoms with van der Waals surface area (Å²) in [5.74, 6) is -1.28. The number of carboxylic acids is 1. The first-order valence-electron chi connectivity index (χ1n) is 10.7. The lowest BCUT2D eigenvalue weighted by atomic mass is 9.91. The summed E-state index contributed by atoms with van der Waals surface area (Å²) in [7, 11) is 0. The van der Waals surface area contributed by atoms with Gasteiger partial charge in [0.15, 0.2) is 0 Å². The van der Waals surface area contributed by atoms with Gasteiger partial charge in [-0.25, -0.2) is 0 Å². The van der Waals surface area contributed by atoms with Gasteiger partial charge in [-0.2, -0.15) is 22.5 Å². The number of carbonyl (C=O) groups is 1. The van der Waals surface area contributed by atoms with Crippen LogP contribution in [0, 0.1) is 11.8 Å². The Labute approximate surface area is 190 Å². The maximum Gasteiger partial charge on any atom is 0.452 e. The second kappa shape index (κ2) is 9.25. The zero-order valence-corrected chi connectivity index (χ0v) is 19.5. The molecule has 0 bridgehead atoms. The van der Waals surface area contributed by atoms with Crippen molar-refractivity contribution >= 4 is 34.0 Å². The van der Waals surface area contributed by atoms with E-state index in [4.69, 9.17) is 0 Å². The van der Waals surface area contributed by atoms with Crippen LogP contribution in [-0.4, -0.2) is 33.5 Å². The van der Waals surface area contributed by atoms with Crippen molar-refractivity contribution in [2.45, 2.75) is 58.5 Å². The van der Waals surface area contributed by atoms with Crippen LogP contribution in [0.15, 0.2) is 18.2 Å². The molecule has 1 aromatic heterocycles. The molecule has 1 aliphatic rings. The Kier molecular flexibility index (Phi) is 7.02. The fourth-order valence-corrected chi connectivity index (χ4v) is 4.51. The van der Waals surface area contributed by atoms with E-state index in [-0.39, 0.29) is 11.6 Å². The number of hydrogen-bond donors (Lipinski definition) is 2. The highest BCUT2D eigenvalue weighted by Gasteiger charge is 2.46. The largest absolute Gasteiger partial charge is 0.481 e. The van der Waals surface area contributed by atoms with Crippen molar-refractivity contribution in [1.29, 1.82) is 0 Å². The van der Waals surface area contributed by atoms with Crippen molar-refractivity contribution in [1.82, 2.24) is 9.36 Å². The van der Waals surface area contributed by atoms with Gasteiger partial charge in [-0.3, -0.25) is 4.79 Å². The van der Waals surface area contributed by atoms with Gasteiger partial charge in [-0.05, 0) is 42.4 Å². The number of alkyl halides is 3. The van der Waals surface area contributed by atoms with Gasteiger partial charge >= 0.3 is 12.1 Å². The summed E-state index contributed by atoms with van der Waals surface area (Å²) in [6, 6.07) is 5.76. The average molecular weight is 471 g/mol. The molecule has 1 fully saturated rings. The third-order valence-electron chi connectivity index (χ3n) is 5.39. The number of hydrogen-bond acceptors (Lipinski definition) is 6. The summed E-state index contributed by atoms with van der Waals surface area (Å²) >= 11 is 0.654. The molecule has 0 unspecified atom stereocenters. The van der Waals surface area contributed by atoms with E-state index in [1.807, 2.05) is 18.2 Å². The number of aliphatic carboxylic acids is 1. The Balaban J connectivity index is 2.01. The van der Waals surface area contributed by atoms with E-state index in [1.165, 1.54) is 0 Å². The Hall–Kier alpha value is -2.36. The van der Waals surface area contributed by atoms with Gasteiger partial charge in [-0.15, -0.1) is 0 Å². The lowest BCUT2D eigenvalue weighted by Gasteiger charge is -2.31. The molecule has 0 amide bonds. The molecule has 32 heavy (non-hydrogen) atoms. The molecule has 6 nitrogen and oxygen atoms in total. The van der Waals surface area contributed by atoms with Crippen molar-refractivity contribution in [3.05, 3.63) is 29.6 Å². The van der Waals surface area contributed by atoms with Gasteiger partial charge < -0.3 is 15.3 Å². The fourth-order valence-electron chi connectivity index (χ4n) is 3.91. The highest BCUT2D eigenvalue weighted by Crippen LogP contribution is 2.52. The second-order valence-corrected chi connectivity index (χ2v) is 10.1. The van der Waals surface area contributed by atoms with Crippen molar-refractivity contribution in [3.8, 4) is 0 Å². The highest BCUT2D eigenvalue weighted by atomic mass is 32.1. The summed E-state index contributed by atoms with van der Waals surface area (Å²) in [5, 5.41) is 12.4. The van der Waals surface area contributed by atoms with Crippen LogP contribution in [0.3, 0.4) is 0 Å². The summed E-state index contributed by atoms with van der Waals surface area (Å²) in [4.78, 5) is 17.2. The molecule has 0 spiro atoms. The Morgan fingerprint density at radius 2 is 1.84 bits per heavy atom. The first kappa shape index (κ1) is 24.3. The van der Waals surface area contributed by atoms with Crippen LogP contribution in [-0.2, 0) is 16.4 Å². The lowest BCUT2D eigenvalue weighted by Crippen LogP contribution is -2.32. The summed E-state index contributed by atoms with van der Waals surface area (Å²) < 4.78 is 42.4. The van der Waals surface area contributed by atoms with Crippen LogP contribution >= 0.6 is 11.5 Å². The van der Waals surface area contributed by atoms with Gasteiger partial charge in [0, 0.05) is 30.0 Å². The van der Waals surface area contributed by atoms with E-state index in [1.54, 1.807) is 0 Å². The third-order valence-corrected chi connectivity index (χ3v) is 6.02. The van der Waals surface area contributed by atoms with E-state index in [0.29, 0.717) is 29.1 Å². The van der Waals surface area contributed by atoms with E-state index in [9.17, 15) is 23.1 Å². The molecule has 0 aliphatic heterocycles. The quantitative estimate of drug-likeness (QED) is 0.448. The molecule has 2 N–H and O–H groups in total. The lowest BCUT2D eigenvalue weighted by molar-refractivity contribution is -0.144. The van der Waals surface area contributed by atoms with Crippen LogP contribution < -0.4 is 10.2 Å². The van der Waals surface area contributed by atoms with Gasteiger partial charge in [0.2, 0.25) is 11.0 Å². The first-order chi connectivity index (χ1) is 14.9. The van der Waals surface area contributed by atoms with Crippen LogP contribution in [0.5, 0.6) is 0 Å². The second-order valence-electron chi connectivity index (χ2n) is 9.32. The molecule has 176 valence electrons. The minimum Gasteiger partial charge on any atom is -0.481 e. The zero-order chi connectivity index (χ0) is 23.7. The van der Waals surface area contributed by atoms with Gasteiger partial charge in [0.1, 0.15) is 0 Å². The molecule has 0 radical (unpaired) electrons. The van der Waals surface area contributed by atoms with Gasteiger partial charge in [0.05, 0.1) is 17.8 Å². The molecule has 1 saturated carbocycles. The molecule has 10 heteroatoms. The predicted molar refractivity (Wildman–Crippen MR) is 120 cm³/mol. The molecule has 1 aromatic carbocycles. The SMILES string of the molecule is CC(C)CN(CC(C)C)c1ccc(C2(CC(=O)O)CC2)cc1Nc1nc(C(F)(F)F)ns1. The Bertz CT molecular complexity index is 945. The fraction of sp³-hybridized carbons (Fsp3) is 0.591. The zero-order valence-electron chi connectivity index (χ0n) is 18.7. The number of benzene rings is 1. The number of nitrogens with one attached hydrogen (secondary N) is 1. The summed E-state index contributed by atoms with van der Waals surface area (Å²) in [6.45, 7) is 10.00. The number of aromatic nitrogens is 2. The molecule has 3 rings (SSSR count). The number of carboxylic acid groups (broad SMARTS) is 1. The first-order valence-corrected chi connectivity index (χ1v) is 11.5. The predicted octanol–water partition coefficient (Wildman–Crippen LogP) is 5.93. The molecule has 0 saturated heterocycles. The monoisotopic (exact) mass is 470 g/mol. The van der Waals surface area contributed by atoms with Crippen LogP contribution in [0.1, 0.15) is 58.3 Å². The molecular formula is C22H29F3N4O2S. The normalized spacial score (nSPS) is 15.3. The van der Waals surface area contributed by atoms with Crippen molar-refractivity contribution in [2.24, 2.45) is 11.8 Å². The number of rotatable bonds is 10. The maximum atomic E-state index is 13.0. The third kappa shape index (κ3) is 5.90. The minimum atomic E-state index is -4.61. The van der Waals surface area contributed by atoms with E-state index in [0.717, 1.165) is 37.2 Å². The standard InChI is InChI=1S/C22H29F3N4O2S/c1-13(2)11-29(12-14(3)4)17-6-5-15(21(7-8-21)10-18(30)31)9-16(17)26-20-27-19(28-32-20)22(23,24)25/h5-6,9,13-14H,7-8,10-12H2,1-4H3,(H,30,31)(H,26,27,28). The molecule has 1 heterocycles. The Morgan fingerprint density at radius 1 is 1.22 bits per heavy atom. The van der Waals surface area contributed by atoms with Crippen molar-refractivity contribution < 1.29 is 23.1 Å². The van der Waals surface area contributed by atoms with Crippen molar-refractivity contribution in [3.63, 3.8) is 0 Å². The van der Waals surface area contributed by atoms with Crippen LogP contribution in [0.2, 0.25) is 0 Å². The van der Waals surface area contributed by atoms with E-state index < -0.39 is 23.4 Å². The Morgan fingerprint density at radius 3 is 2.31 bits per heavy atom. The van der Waals surface area contributed by atoms with E-state index >= 15 is 0 Å². The van der Waals surface area contributed by atoms with Gasteiger partial charge in [-0.1, -0.05) is 33.8 Å². The smallest absolute Gasteiger partial charge is 0.452 e. The molecule has 1 aliphatic carbocycles. The maximum absolute atomic E-state index is 13.0. The van der Waals surface area contributed by atoms with Crippen molar-refractivity contribution in [2.75, 3.05) is 23.3 Å². The molecule has 0 atom stereocenters. The highest BCUT2D eigenvalue weighted by molar-refractivity contribution is 7.09.